The maximum atomic E-state index is 12.2. The van der Waals surface area contributed by atoms with Crippen LogP contribution in [0.25, 0.3) is 0 Å². The van der Waals surface area contributed by atoms with Crippen molar-refractivity contribution in [2.45, 2.75) is 37.6 Å². The lowest BCUT2D eigenvalue weighted by atomic mass is 10.1. The Balaban J connectivity index is 2.77. The molecule has 0 unspecified atom stereocenters. The van der Waals surface area contributed by atoms with E-state index in [1.165, 1.54) is 24.3 Å². The van der Waals surface area contributed by atoms with Crippen LogP contribution in [-0.2, 0) is 14.8 Å². The zero-order valence-corrected chi connectivity index (χ0v) is 14.0. The molecule has 9 heteroatoms. The van der Waals surface area contributed by atoms with Crippen molar-refractivity contribution >= 4 is 27.7 Å². The fourth-order valence-corrected chi connectivity index (χ4v) is 3.13. The minimum Gasteiger partial charge on any atom is -0.481 e. The molecule has 0 aliphatic rings. The first-order valence-electron chi connectivity index (χ1n) is 6.90. The van der Waals surface area contributed by atoms with Gasteiger partial charge in [-0.15, -0.1) is 0 Å². The molecule has 0 spiro atoms. The average Bonchev–Trinajstić information content (AvgIpc) is 2.35. The van der Waals surface area contributed by atoms with Crippen LogP contribution in [0.2, 0.25) is 0 Å². The highest BCUT2D eigenvalue weighted by Gasteiger charge is 2.22. The molecule has 23 heavy (non-hydrogen) atoms. The minimum absolute atomic E-state index is 0.0231. The Labute approximate surface area is 135 Å². The minimum atomic E-state index is -3.70. The highest BCUT2D eigenvalue weighted by atomic mass is 32.2. The fraction of sp³-hybridized carbons (Fsp3) is 0.429. The van der Waals surface area contributed by atoms with E-state index >= 15 is 0 Å². The maximum absolute atomic E-state index is 12.2. The van der Waals surface area contributed by atoms with E-state index in [0.717, 1.165) is 0 Å². The number of rotatable bonds is 6. The topological polar surface area (TPSA) is 125 Å². The van der Waals surface area contributed by atoms with Gasteiger partial charge in [0.1, 0.15) is 0 Å². The second-order valence-corrected chi connectivity index (χ2v) is 7.59. The number of carboxylic acid groups (broad SMARTS) is 1. The van der Waals surface area contributed by atoms with Gasteiger partial charge in [-0.25, -0.2) is 17.9 Å². The van der Waals surface area contributed by atoms with Crippen LogP contribution in [0.1, 0.15) is 27.2 Å². The number of amides is 2. The van der Waals surface area contributed by atoms with Gasteiger partial charge in [0.15, 0.2) is 0 Å². The van der Waals surface area contributed by atoms with Crippen molar-refractivity contribution < 1.29 is 23.1 Å². The summed E-state index contributed by atoms with van der Waals surface area (Å²) in [6.07, 6.45) is -0.197. The van der Waals surface area contributed by atoms with Crippen molar-refractivity contribution in [3.63, 3.8) is 0 Å². The molecule has 0 radical (unpaired) electrons. The third-order valence-electron chi connectivity index (χ3n) is 2.47. The van der Waals surface area contributed by atoms with Crippen LogP contribution in [0, 0.1) is 0 Å². The molecule has 0 saturated carbocycles. The quantitative estimate of drug-likeness (QED) is 0.621. The van der Waals surface area contributed by atoms with E-state index in [-0.39, 0.29) is 23.5 Å². The molecule has 2 amide bonds. The summed E-state index contributed by atoms with van der Waals surface area (Å²) >= 11 is 0. The van der Waals surface area contributed by atoms with Gasteiger partial charge < -0.3 is 15.7 Å². The van der Waals surface area contributed by atoms with Crippen molar-refractivity contribution in [2.24, 2.45) is 0 Å². The fourth-order valence-electron chi connectivity index (χ4n) is 1.66. The first-order chi connectivity index (χ1) is 10.5. The molecule has 8 nitrogen and oxygen atoms in total. The van der Waals surface area contributed by atoms with Gasteiger partial charge in [-0.1, -0.05) is 6.07 Å². The summed E-state index contributed by atoms with van der Waals surface area (Å²) in [6.45, 7) is 5.15. The molecule has 1 aromatic rings. The molecule has 0 saturated heterocycles. The van der Waals surface area contributed by atoms with Gasteiger partial charge in [-0.3, -0.25) is 4.79 Å². The highest BCUT2D eigenvalue weighted by molar-refractivity contribution is 7.89. The molecular weight excluding hydrogens is 322 g/mol. The van der Waals surface area contributed by atoms with E-state index in [2.05, 4.69) is 15.4 Å². The molecule has 0 bridgehead atoms. The predicted molar refractivity (Wildman–Crippen MR) is 85.8 cm³/mol. The number of hydrogen-bond donors (Lipinski definition) is 4. The molecule has 128 valence electrons. The molecule has 0 aromatic heterocycles. The van der Waals surface area contributed by atoms with Crippen LogP contribution >= 0.6 is 0 Å². The smallest absolute Gasteiger partial charge is 0.319 e. The van der Waals surface area contributed by atoms with E-state index in [1.807, 2.05) is 0 Å². The molecule has 0 heterocycles. The van der Waals surface area contributed by atoms with Gasteiger partial charge in [-0.2, -0.15) is 0 Å². The largest absolute Gasteiger partial charge is 0.481 e. The Morgan fingerprint density at radius 2 is 1.87 bits per heavy atom. The maximum Gasteiger partial charge on any atom is 0.319 e. The monoisotopic (exact) mass is 343 g/mol. The second-order valence-electron chi connectivity index (χ2n) is 5.91. The van der Waals surface area contributed by atoms with Gasteiger partial charge in [0.05, 0.1) is 11.3 Å². The zero-order valence-electron chi connectivity index (χ0n) is 13.2. The van der Waals surface area contributed by atoms with Crippen molar-refractivity contribution in [2.75, 3.05) is 11.9 Å². The SMILES string of the molecule is CC(C)(C)NS(=O)(=O)c1cccc(NC(=O)NCCC(=O)O)c1. The first kappa shape index (κ1) is 18.9. The van der Waals surface area contributed by atoms with Crippen LogP contribution in [0.15, 0.2) is 29.2 Å². The van der Waals surface area contributed by atoms with Crippen molar-refractivity contribution in [3.8, 4) is 0 Å². The molecule has 0 atom stereocenters. The summed E-state index contributed by atoms with van der Waals surface area (Å²) in [5.74, 6) is -1.02. The summed E-state index contributed by atoms with van der Waals surface area (Å²) in [5, 5.41) is 13.3. The van der Waals surface area contributed by atoms with Crippen LogP contribution in [0.5, 0.6) is 0 Å². The Bertz CT molecular complexity index is 680. The molecule has 0 aliphatic heterocycles. The van der Waals surface area contributed by atoms with E-state index in [1.54, 1.807) is 20.8 Å². The summed E-state index contributed by atoms with van der Waals surface area (Å²) in [7, 11) is -3.70. The second kappa shape index (κ2) is 7.42. The van der Waals surface area contributed by atoms with Crippen molar-refractivity contribution in [1.82, 2.24) is 10.0 Å². The lowest BCUT2D eigenvalue weighted by molar-refractivity contribution is -0.136. The van der Waals surface area contributed by atoms with Gasteiger partial charge >= 0.3 is 12.0 Å². The van der Waals surface area contributed by atoms with Gasteiger partial charge in [0.25, 0.3) is 0 Å². The normalized spacial score (nSPS) is 11.8. The molecule has 0 aliphatic carbocycles. The van der Waals surface area contributed by atoms with Crippen LogP contribution < -0.4 is 15.4 Å². The number of sulfonamides is 1. The number of carboxylic acids is 1. The number of benzene rings is 1. The van der Waals surface area contributed by atoms with E-state index < -0.39 is 27.6 Å². The Hall–Kier alpha value is -2.13. The highest BCUT2D eigenvalue weighted by Crippen LogP contribution is 2.17. The summed E-state index contributed by atoms with van der Waals surface area (Å²) < 4.78 is 27.0. The Kier molecular flexibility index (Phi) is 6.11. The third kappa shape index (κ3) is 7.11. The number of carbonyl (C=O) groups is 2. The summed E-state index contributed by atoms with van der Waals surface area (Å²) in [6, 6.07) is 5.17. The standard InChI is InChI=1S/C14H21N3O5S/c1-14(2,3)17-23(21,22)11-6-4-5-10(9-11)16-13(20)15-8-7-12(18)19/h4-6,9,17H,7-8H2,1-3H3,(H,18,19)(H2,15,16,20). The zero-order chi connectivity index (χ0) is 17.7. The number of nitrogens with one attached hydrogen (secondary N) is 3. The Morgan fingerprint density at radius 1 is 1.22 bits per heavy atom. The van der Waals surface area contributed by atoms with E-state index in [9.17, 15) is 18.0 Å². The third-order valence-corrected chi connectivity index (χ3v) is 4.22. The molecule has 1 aromatic carbocycles. The summed E-state index contributed by atoms with van der Waals surface area (Å²) in [4.78, 5) is 22.0. The van der Waals surface area contributed by atoms with Gasteiger partial charge in [0, 0.05) is 17.8 Å². The van der Waals surface area contributed by atoms with Gasteiger partial charge in [0.2, 0.25) is 10.0 Å². The lowest BCUT2D eigenvalue weighted by Crippen LogP contribution is -2.40. The van der Waals surface area contributed by atoms with E-state index in [4.69, 9.17) is 5.11 Å². The molecule has 0 fully saturated rings. The number of anilines is 1. The van der Waals surface area contributed by atoms with Gasteiger partial charge in [-0.05, 0) is 39.0 Å². The average molecular weight is 343 g/mol. The van der Waals surface area contributed by atoms with Crippen LogP contribution in [0.4, 0.5) is 10.5 Å². The van der Waals surface area contributed by atoms with Crippen molar-refractivity contribution in [1.29, 1.82) is 0 Å². The number of hydrogen-bond acceptors (Lipinski definition) is 4. The van der Waals surface area contributed by atoms with Crippen LogP contribution in [0.3, 0.4) is 0 Å². The Morgan fingerprint density at radius 3 is 2.43 bits per heavy atom. The van der Waals surface area contributed by atoms with Crippen LogP contribution in [-0.4, -0.2) is 37.6 Å². The van der Waals surface area contributed by atoms with Crippen molar-refractivity contribution in [3.05, 3.63) is 24.3 Å². The predicted octanol–water partition coefficient (Wildman–Crippen LogP) is 1.36. The molecule has 4 N–H and O–H groups in total. The first-order valence-corrected chi connectivity index (χ1v) is 8.39. The molecular formula is C14H21N3O5S. The number of carbonyl (C=O) groups excluding carboxylic acids is 1. The van der Waals surface area contributed by atoms with E-state index in [0.29, 0.717) is 0 Å². The lowest BCUT2D eigenvalue weighted by Gasteiger charge is -2.20. The molecule has 1 rings (SSSR count). The number of urea groups is 1. The number of aliphatic carboxylic acids is 1. The summed E-state index contributed by atoms with van der Waals surface area (Å²) in [5.41, 5.74) is -0.342.